The number of hydrogen-bond donors (Lipinski definition) is 5. The van der Waals surface area contributed by atoms with Gasteiger partial charge in [0.25, 0.3) is 0 Å². The predicted molar refractivity (Wildman–Crippen MR) is 109 cm³/mol. The number of halogens is 2. The summed E-state index contributed by atoms with van der Waals surface area (Å²) in [6, 6.07) is 6.82. The molecular weight excluding hydrogens is 409 g/mol. The number of fused-ring (bicyclic) bond motifs is 1. The number of thioether (sulfide) groups is 1. The van der Waals surface area contributed by atoms with Crippen molar-refractivity contribution in [2.24, 2.45) is 0 Å². The van der Waals surface area contributed by atoms with Gasteiger partial charge in [0.15, 0.2) is 5.82 Å². The van der Waals surface area contributed by atoms with Gasteiger partial charge < -0.3 is 26.2 Å². The van der Waals surface area contributed by atoms with E-state index in [-0.39, 0.29) is 18.4 Å². The standard InChI is InChI=1S/C17H18ClN5O2S.ClH/c18-8-1-3-9(4-2-8)26-6-11-15(24)16(25)13(23-11)10-5-20-14-12(10)21-7-22-17(14)19;/h1-5,7,11,13,15-16,20,23-25H,6H2,(H2,19,21,22);1H. The summed E-state index contributed by atoms with van der Waals surface area (Å²) in [4.78, 5) is 12.3. The Morgan fingerprint density at radius 2 is 1.89 bits per heavy atom. The molecule has 1 aliphatic rings. The number of aromatic nitrogens is 3. The topological polar surface area (TPSA) is 120 Å². The molecule has 2 aromatic heterocycles. The zero-order valence-electron chi connectivity index (χ0n) is 14.0. The van der Waals surface area contributed by atoms with E-state index in [4.69, 9.17) is 17.3 Å². The van der Waals surface area contributed by atoms with Crippen LogP contribution < -0.4 is 11.1 Å². The summed E-state index contributed by atoms with van der Waals surface area (Å²) < 4.78 is 0. The third kappa shape index (κ3) is 3.87. The Labute approximate surface area is 171 Å². The van der Waals surface area contributed by atoms with Gasteiger partial charge in [-0.3, -0.25) is 0 Å². The first-order chi connectivity index (χ1) is 12.5. The molecule has 1 fully saturated rings. The quantitative estimate of drug-likeness (QED) is 0.404. The summed E-state index contributed by atoms with van der Waals surface area (Å²) >= 11 is 7.49. The zero-order valence-corrected chi connectivity index (χ0v) is 16.4. The molecule has 4 atom stereocenters. The van der Waals surface area contributed by atoms with E-state index >= 15 is 0 Å². The minimum atomic E-state index is -0.944. The van der Waals surface area contributed by atoms with Crippen LogP contribution in [0.3, 0.4) is 0 Å². The van der Waals surface area contributed by atoms with Crippen LogP contribution in [0.5, 0.6) is 0 Å². The second-order valence-electron chi connectivity index (χ2n) is 6.22. The molecule has 0 bridgehead atoms. The van der Waals surface area contributed by atoms with E-state index in [1.807, 2.05) is 24.3 Å². The van der Waals surface area contributed by atoms with Crippen molar-refractivity contribution in [3.05, 3.63) is 47.4 Å². The molecule has 0 spiro atoms. The van der Waals surface area contributed by atoms with Crippen LogP contribution in [0.2, 0.25) is 5.02 Å². The molecule has 4 rings (SSSR count). The number of nitrogens with two attached hydrogens (primary N) is 1. The molecule has 0 radical (unpaired) electrons. The Morgan fingerprint density at radius 1 is 1.15 bits per heavy atom. The Kier molecular flexibility index (Phi) is 6.15. The SMILES string of the molecule is Cl.Nc1ncnc2c(C3NC(CSc4ccc(Cl)cc4)C(O)C3O)c[nH]c12. The molecule has 0 amide bonds. The molecule has 144 valence electrons. The number of rotatable bonds is 4. The highest BCUT2D eigenvalue weighted by Gasteiger charge is 2.42. The van der Waals surface area contributed by atoms with Crippen LogP contribution >= 0.6 is 35.8 Å². The summed E-state index contributed by atoms with van der Waals surface area (Å²) in [6.45, 7) is 0. The lowest BCUT2D eigenvalue weighted by molar-refractivity contribution is 0.0308. The molecule has 0 saturated carbocycles. The van der Waals surface area contributed by atoms with Gasteiger partial charge in [0.05, 0.1) is 17.7 Å². The highest BCUT2D eigenvalue weighted by atomic mass is 35.5. The third-order valence-corrected chi connectivity index (χ3v) is 5.98. The van der Waals surface area contributed by atoms with Gasteiger partial charge >= 0.3 is 0 Å². The first kappa shape index (κ1) is 20.2. The first-order valence-electron chi connectivity index (χ1n) is 8.12. The fourth-order valence-corrected chi connectivity index (χ4v) is 4.34. The minimum Gasteiger partial charge on any atom is -0.389 e. The van der Waals surface area contributed by atoms with Crippen molar-refractivity contribution in [1.82, 2.24) is 20.3 Å². The van der Waals surface area contributed by atoms with Crippen LogP contribution in [0.4, 0.5) is 5.82 Å². The largest absolute Gasteiger partial charge is 0.389 e. The maximum Gasteiger partial charge on any atom is 0.151 e. The van der Waals surface area contributed by atoms with Crippen molar-refractivity contribution in [2.45, 2.75) is 29.2 Å². The van der Waals surface area contributed by atoms with Gasteiger partial charge in [-0.05, 0) is 24.3 Å². The molecule has 3 aromatic rings. The van der Waals surface area contributed by atoms with Crippen molar-refractivity contribution in [2.75, 3.05) is 11.5 Å². The van der Waals surface area contributed by atoms with Crippen molar-refractivity contribution in [3.63, 3.8) is 0 Å². The van der Waals surface area contributed by atoms with Gasteiger partial charge in [-0.15, -0.1) is 24.2 Å². The normalized spacial score (nSPS) is 24.9. The number of H-pyrrole nitrogens is 1. The van der Waals surface area contributed by atoms with Crippen LogP contribution in [0.25, 0.3) is 11.0 Å². The minimum absolute atomic E-state index is 0. The highest BCUT2D eigenvalue weighted by molar-refractivity contribution is 7.99. The smallest absolute Gasteiger partial charge is 0.151 e. The predicted octanol–water partition coefficient (Wildman–Crippen LogP) is 2.14. The van der Waals surface area contributed by atoms with E-state index < -0.39 is 18.2 Å². The summed E-state index contributed by atoms with van der Waals surface area (Å²) in [6.07, 6.45) is 1.31. The van der Waals surface area contributed by atoms with Crippen LogP contribution in [-0.2, 0) is 0 Å². The van der Waals surface area contributed by atoms with E-state index in [1.165, 1.54) is 6.33 Å². The molecule has 0 aliphatic carbocycles. The summed E-state index contributed by atoms with van der Waals surface area (Å²) in [5.41, 5.74) is 7.89. The van der Waals surface area contributed by atoms with E-state index in [9.17, 15) is 10.2 Å². The lowest BCUT2D eigenvalue weighted by atomic mass is 10.0. The van der Waals surface area contributed by atoms with Gasteiger partial charge in [-0.25, -0.2) is 9.97 Å². The van der Waals surface area contributed by atoms with E-state index in [1.54, 1.807) is 18.0 Å². The van der Waals surface area contributed by atoms with Crippen molar-refractivity contribution in [1.29, 1.82) is 0 Å². The number of benzene rings is 1. The molecule has 6 N–H and O–H groups in total. The third-order valence-electron chi connectivity index (χ3n) is 4.60. The van der Waals surface area contributed by atoms with E-state index in [0.29, 0.717) is 27.6 Å². The summed E-state index contributed by atoms with van der Waals surface area (Å²) in [5, 5.41) is 25.0. The number of aliphatic hydroxyl groups excluding tert-OH is 2. The molecule has 7 nitrogen and oxygen atoms in total. The van der Waals surface area contributed by atoms with Crippen LogP contribution in [0.15, 0.2) is 41.7 Å². The Morgan fingerprint density at radius 3 is 2.63 bits per heavy atom. The number of hydrogen-bond acceptors (Lipinski definition) is 7. The first-order valence-corrected chi connectivity index (χ1v) is 9.49. The molecule has 4 unspecified atom stereocenters. The van der Waals surface area contributed by atoms with Gasteiger partial charge in [0.1, 0.15) is 17.9 Å². The molecular formula is C17H19Cl2N5O2S. The Balaban J connectivity index is 0.00000210. The summed E-state index contributed by atoms with van der Waals surface area (Å²) in [7, 11) is 0. The molecule has 1 saturated heterocycles. The number of nitrogens with one attached hydrogen (secondary N) is 2. The van der Waals surface area contributed by atoms with Crippen LogP contribution in [0, 0.1) is 0 Å². The van der Waals surface area contributed by atoms with Gasteiger partial charge in [0, 0.05) is 33.5 Å². The van der Waals surface area contributed by atoms with E-state index in [0.717, 1.165) is 10.5 Å². The van der Waals surface area contributed by atoms with Crippen molar-refractivity contribution < 1.29 is 10.2 Å². The Hall–Kier alpha value is -1.55. The zero-order chi connectivity index (χ0) is 18.3. The monoisotopic (exact) mass is 427 g/mol. The lowest BCUT2D eigenvalue weighted by Crippen LogP contribution is -2.35. The number of aliphatic hydroxyl groups is 2. The maximum absolute atomic E-state index is 10.5. The lowest BCUT2D eigenvalue weighted by Gasteiger charge is -2.15. The number of nitrogens with zero attached hydrogens (tertiary/aromatic N) is 2. The second kappa shape index (κ2) is 8.22. The number of anilines is 1. The van der Waals surface area contributed by atoms with Crippen molar-refractivity contribution >= 4 is 52.6 Å². The fraction of sp³-hybridized carbons (Fsp3) is 0.294. The highest BCUT2D eigenvalue weighted by Crippen LogP contribution is 2.34. The van der Waals surface area contributed by atoms with Gasteiger partial charge in [-0.2, -0.15) is 0 Å². The van der Waals surface area contributed by atoms with Gasteiger partial charge in [-0.1, -0.05) is 11.6 Å². The van der Waals surface area contributed by atoms with E-state index in [2.05, 4.69) is 20.3 Å². The molecule has 27 heavy (non-hydrogen) atoms. The summed E-state index contributed by atoms with van der Waals surface area (Å²) in [5.74, 6) is 0.958. The molecule has 10 heteroatoms. The van der Waals surface area contributed by atoms with Gasteiger partial charge in [0.2, 0.25) is 0 Å². The fourth-order valence-electron chi connectivity index (χ4n) is 3.22. The maximum atomic E-state index is 10.5. The average Bonchev–Trinajstić information content (AvgIpc) is 3.18. The average molecular weight is 428 g/mol. The molecule has 1 aliphatic heterocycles. The molecule has 3 heterocycles. The second-order valence-corrected chi connectivity index (χ2v) is 7.75. The number of aromatic amines is 1. The Bertz CT molecular complexity index is 923. The molecule has 1 aromatic carbocycles. The van der Waals surface area contributed by atoms with Crippen molar-refractivity contribution in [3.8, 4) is 0 Å². The van der Waals surface area contributed by atoms with Crippen LogP contribution in [-0.4, -0.2) is 49.2 Å². The number of nitrogen functional groups attached to an aromatic ring is 1. The van der Waals surface area contributed by atoms with Crippen LogP contribution in [0.1, 0.15) is 11.6 Å².